The standard InChI is InChI=1S/C16H27NS/c1-17-16(12-11-15-10-7-13-18-15)14-8-5-3-2-4-6-9-14/h7,10,13-14,16-17H,2-6,8-9,11-12H2,1H3. The summed E-state index contributed by atoms with van der Waals surface area (Å²) in [7, 11) is 2.15. The van der Waals surface area contributed by atoms with E-state index in [9.17, 15) is 0 Å². The van der Waals surface area contributed by atoms with Crippen molar-refractivity contribution in [3.05, 3.63) is 22.4 Å². The first-order valence-corrected chi connectivity index (χ1v) is 8.48. The molecule has 0 radical (unpaired) electrons. The Kier molecular flexibility index (Phi) is 6.22. The summed E-state index contributed by atoms with van der Waals surface area (Å²) in [6.45, 7) is 0. The third-order valence-corrected chi connectivity index (χ3v) is 5.31. The van der Waals surface area contributed by atoms with Crippen molar-refractivity contribution in [2.75, 3.05) is 7.05 Å². The van der Waals surface area contributed by atoms with Gasteiger partial charge in [-0.2, -0.15) is 0 Å². The highest BCUT2D eigenvalue weighted by molar-refractivity contribution is 7.09. The second-order valence-electron chi connectivity index (χ2n) is 5.62. The number of aryl methyl sites for hydroxylation is 1. The van der Waals surface area contributed by atoms with Gasteiger partial charge >= 0.3 is 0 Å². The Morgan fingerprint density at radius 1 is 1.22 bits per heavy atom. The van der Waals surface area contributed by atoms with Crippen LogP contribution in [-0.2, 0) is 6.42 Å². The second-order valence-corrected chi connectivity index (χ2v) is 6.65. The van der Waals surface area contributed by atoms with Gasteiger partial charge in [0.05, 0.1) is 0 Å². The van der Waals surface area contributed by atoms with Crippen LogP contribution in [0.5, 0.6) is 0 Å². The van der Waals surface area contributed by atoms with Gasteiger partial charge < -0.3 is 5.32 Å². The molecule has 1 aliphatic carbocycles. The van der Waals surface area contributed by atoms with Gasteiger partial charge in [0.1, 0.15) is 0 Å². The first-order valence-electron chi connectivity index (χ1n) is 7.60. The molecule has 0 aromatic carbocycles. The molecule has 1 aliphatic rings. The molecule has 2 rings (SSSR count). The lowest BCUT2D eigenvalue weighted by molar-refractivity contribution is 0.284. The van der Waals surface area contributed by atoms with E-state index in [1.54, 1.807) is 4.88 Å². The van der Waals surface area contributed by atoms with Crippen LogP contribution in [0.2, 0.25) is 0 Å². The Balaban J connectivity index is 1.81. The Morgan fingerprint density at radius 3 is 2.56 bits per heavy atom. The molecule has 0 bridgehead atoms. The first-order chi connectivity index (χ1) is 8.90. The van der Waals surface area contributed by atoms with Crippen molar-refractivity contribution in [1.29, 1.82) is 0 Å². The molecule has 1 heterocycles. The number of hydrogen-bond acceptors (Lipinski definition) is 2. The molecule has 0 aliphatic heterocycles. The van der Waals surface area contributed by atoms with Gasteiger partial charge in [-0.25, -0.2) is 0 Å². The fourth-order valence-corrected chi connectivity index (χ4v) is 3.98. The Hall–Kier alpha value is -0.340. The molecule has 1 N–H and O–H groups in total. The van der Waals surface area contributed by atoms with Gasteiger partial charge in [0.25, 0.3) is 0 Å². The quantitative estimate of drug-likeness (QED) is 0.818. The highest BCUT2D eigenvalue weighted by atomic mass is 32.1. The number of nitrogens with one attached hydrogen (secondary N) is 1. The van der Waals surface area contributed by atoms with Crippen LogP contribution >= 0.6 is 11.3 Å². The average Bonchev–Trinajstić information content (AvgIpc) is 2.84. The molecule has 18 heavy (non-hydrogen) atoms. The predicted molar refractivity (Wildman–Crippen MR) is 81.3 cm³/mol. The van der Waals surface area contributed by atoms with Gasteiger partial charge in [-0.3, -0.25) is 0 Å². The third-order valence-electron chi connectivity index (χ3n) is 4.37. The fourth-order valence-electron chi connectivity index (χ4n) is 3.26. The topological polar surface area (TPSA) is 12.0 Å². The van der Waals surface area contributed by atoms with E-state index in [4.69, 9.17) is 0 Å². The SMILES string of the molecule is CNC(CCc1cccs1)C1CCCCCCC1. The summed E-state index contributed by atoms with van der Waals surface area (Å²) in [6.07, 6.45) is 12.7. The molecule has 0 spiro atoms. The minimum atomic E-state index is 0.727. The Labute approximate surface area is 116 Å². The van der Waals surface area contributed by atoms with Crippen molar-refractivity contribution < 1.29 is 0 Å². The molecule has 102 valence electrons. The zero-order chi connectivity index (χ0) is 12.6. The van der Waals surface area contributed by atoms with Gasteiger partial charge in [0.15, 0.2) is 0 Å². The first kappa shape index (κ1) is 14.1. The van der Waals surface area contributed by atoms with E-state index < -0.39 is 0 Å². The molecule has 0 amide bonds. The van der Waals surface area contributed by atoms with Crippen LogP contribution < -0.4 is 5.32 Å². The summed E-state index contributed by atoms with van der Waals surface area (Å²) in [5.74, 6) is 0.912. The van der Waals surface area contributed by atoms with Crippen LogP contribution in [0, 0.1) is 5.92 Å². The maximum Gasteiger partial charge on any atom is 0.00957 e. The molecule has 2 heteroatoms. The highest BCUT2D eigenvalue weighted by Gasteiger charge is 2.20. The highest BCUT2D eigenvalue weighted by Crippen LogP contribution is 2.27. The monoisotopic (exact) mass is 265 g/mol. The lowest BCUT2D eigenvalue weighted by Crippen LogP contribution is -2.34. The van der Waals surface area contributed by atoms with Crippen molar-refractivity contribution in [2.45, 2.75) is 63.8 Å². The van der Waals surface area contributed by atoms with E-state index >= 15 is 0 Å². The molecule has 1 aromatic rings. The van der Waals surface area contributed by atoms with Gasteiger partial charge in [-0.05, 0) is 50.1 Å². The van der Waals surface area contributed by atoms with Crippen LogP contribution in [0.3, 0.4) is 0 Å². The average molecular weight is 265 g/mol. The summed E-state index contributed by atoms with van der Waals surface area (Å²) in [6, 6.07) is 5.17. The van der Waals surface area contributed by atoms with E-state index in [2.05, 4.69) is 29.9 Å². The molecule has 1 saturated carbocycles. The van der Waals surface area contributed by atoms with Crippen molar-refractivity contribution >= 4 is 11.3 Å². The second kappa shape index (κ2) is 7.96. The van der Waals surface area contributed by atoms with E-state index in [1.807, 2.05) is 11.3 Å². The molecular weight excluding hydrogens is 238 g/mol. The van der Waals surface area contributed by atoms with Crippen LogP contribution in [0.4, 0.5) is 0 Å². The van der Waals surface area contributed by atoms with Crippen molar-refractivity contribution in [1.82, 2.24) is 5.32 Å². The molecular formula is C16H27NS. The van der Waals surface area contributed by atoms with Gasteiger partial charge in [0, 0.05) is 10.9 Å². The predicted octanol–water partition coefficient (Wildman–Crippen LogP) is 4.63. The zero-order valence-electron chi connectivity index (χ0n) is 11.7. The summed E-state index contributed by atoms with van der Waals surface area (Å²) >= 11 is 1.90. The number of hydrogen-bond donors (Lipinski definition) is 1. The van der Waals surface area contributed by atoms with Crippen molar-refractivity contribution in [3.8, 4) is 0 Å². The smallest absolute Gasteiger partial charge is 0.00957 e. The molecule has 1 aromatic heterocycles. The minimum Gasteiger partial charge on any atom is -0.317 e. The zero-order valence-corrected chi connectivity index (χ0v) is 12.5. The van der Waals surface area contributed by atoms with Crippen LogP contribution in [0.25, 0.3) is 0 Å². The molecule has 0 saturated heterocycles. The summed E-state index contributed by atoms with van der Waals surface area (Å²) in [4.78, 5) is 1.54. The van der Waals surface area contributed by atoms with E-state index in [-0.39, 0.29) is 0 Å². The molecule has 1 atom stereocenters. The van der Waals surface area contributed by atoms with Gasteiger partial charge in [0.2, 0.25) is 0 Å². The minimum absolute atomic E-state index is 0.727. The van der Waals surface area contributed by atoms with Crippen LogP contribution in [0.1, 0.15) is 56.2 Å². The summed E-state index contributed by atoms with van der Waals surface area (Å²) in [5, 5.41) is 5.78. The lowest BCUT2D eigenvalue weighted by Gasteiger charge is -2.28. The lowest BCUT2D eigenvalue weighted by atomic mass is 9.84. The van der Waals surface area contributed by atoms with Crippen molar-refractivity contribution in [2.24, 2.45) is 5.92 Å². The summed E-state index contributed by atoms with van der Waals surface area (Å²) < 4.78 is 0. The maximum absolute atomic E-state index is 3.59. The van der Waals surface area contributed by atoms with Crippen molar-refractivity contribution in [3.63, 3.8) is 0 Å². The molecule has 1 unspecified atom stereocenters. The van der Waals surface area contributed by atoms with Crippen LogP contribution in [-0.4, -0.2) is 13.1 Å². The molecule has 1 fully saturated rings. The molecule has 1 nitrogen and oxygen atoms in total. The van der Waals surface area contributed by atoms with Crippen LogP contribution in [0.15, 0.2) is 17.5 Å². The van der Waals surface area contributed by atoms with E-state index in [0.29, 0.717) is 0 Å². The van der Waals surface area contributed by atoms with Gasteiger partial charge in [-0.1, -0.05) is 38.2 Å². The number of thiophene rings is 1. The Bertz CT molecular complexity index is 299. The maximum atomic E-state index is 3.59. The third kappa shape index (κ3) is 4.40. The largest absolute Gasteiger partial charge is 0.317 e. The van der Waals surface area contributed by atoms with E-state index in [0.717, 1.165) is 12.0 Å². The normalized spacial score (nSPS) is 20.3. The summed E-state index contributed by atoms with van der Waals surface area (Å²) in [5.41, 5.74) is 0. The fraction of sp³-hybridized carbons (Fsp3) is 0.750. The van der Waals surface area contributed by atoms with Gasteiger partial charge in [-0.15, -0.1) is 11.3 Å². The van der Waals surface area contributed by atoms with E-state index in [1.165, 1.54) is 57.8 Å². The number of rotatable bonds is 5. The Morgan fingerprint density at radius 2 is 1.94 bits per heavy atom.